The van der Waals surface area contributed by atoms with E-state index in [1.807, 2.05) is 24.3 Å². The molecule has 7 nitrogen and oxygen atoms in total. The van der Waals surface area contributed by atoms with Crippen LogP contribution in [0.1, 0.15) is 5.56 Å². The number of hydrogen-bond acceptors (Lipinski definition) is 5. The molecule has 0 saturated heterocycles. The Bertz CT molecular complexity index is 515. The fourth-order valence-corrected chi connectivity index (χ4v) is 2.15. The Labute approximate surface area is 122 Å². The van der Waals surface area contributed by atoms with Crippen molar-refractivity contribution in [3.63, 3.8) is 0 Å². The minimum atomic E-state index is -1.08. The molecule has 3 N–H and O–H groups in total. The van der Waals surface area contributed by atoms with Gasteiger partial charge in [-0.15, -0.1) is 0 Å². The highest BCUT2D eigenvalue weighted by Crippen LogP contribution is 2.14. The molecular weight excluding hydrogens is 276 g/mol. The third kappa shape index (κ3) is 4.48. The number of ether oxygens (including phenoxy) is 2. The summed E-state index contributed by atoms with van der Waals surface area (Å²) in [6.45, 7) is 0.620. The van der Waals surface area contributed by atoms with Crippen LogP contribution in [0.4, 0.5) is 4.79 Å². The van der Waals surface area contributed by atoms with Crippen molar-refractivity contribution < 1.29 is 24.5 Å². The van der Waals surface area contributed by atoms with Gasteiger partial charge in [-0.25, -0.2) is 4.79 Å². The molecular formula is C14H18N2O5. The van der Waals surface area contributed by atoms with Gasteiger partial charge in [0.15, 0.2) is 6.73 Å². The molecule has 2 rings (SSSR count). The molecule has 1 amide bonds. The van der Waals surface area contributed by atoms with Gasteiger partial charge >= 0.3 is 6.09 Å². The number of hydrogen-bond donors (Lipinski definition) is 3. The molecule has 114 valence electrons. The number of carbonyl (C=O) groups is 1. The van der Waals surface area contributed by atoms with E-state index in [0.717, 1.165) is 11.3 Å². The van der Waals surface area contributed by atoms with Gasteiger partial charge in [0, 0.05) is 6.54 Å². The predicted octanol–water partition coefficient (Wildman–Crippen LogP) is 1.52. The van der Waals surface area contributed by atoms with E-state index in [4.69, 9.17) is 14.6 Å². The van der Waals surface area contributed by atoms with Crippen LogP contribution in [0.3, 0.4) is 0 Å². The summed E-state index contributed by atoms with van der Waals surface area (Å²) < 4.78 is 9.99. The Kier molecular flexibility index (Phi) is 4.76. The summed E-state index contributed by atoms with van der Waals surface area (Å²) in [6, 6.07) is 7.13. The summed E-state index contributed by atoms with van der Waals surface area (Å²) in [5.41, 5.74) is 0.989. The first-order chi connectivity index (χ1) is 10.1. The number of aliphatic hydroxyl groups excluding tert-OH is 1. The van der Waals surface area contributed by atoms with E-state index in [1.165, 1.54) is 6.20 Å². The van der Waals surface area contributed by atoms with Crippen molar-refractivity contribution in [1.29, 1.82) is 0 Å². The summed E-state index contributed by atoms with van der Waals surface area (Å²) in [5.74, 6) is 0.593. The second-order valence-electron chi connectivity index (χ2n) is 4.71. The standard InChI is InChI=1S/C14H18N2O5/c1-20-12-4-2-10(3-5-12)6-11(15-14(18)19)7-16-8-13(17)21-9-16/h2-5,8,11,15,17H,6-7,9H2,1H3,(H,18,19). The molecule has 0 fully saturated rings. The third-order valence-corrected chi connectivity index (χ3v) is 3.09. The Balaban J connectivity index is 1.99. The van der Waals surface area contributed by atoms with Gasteiger partial charge < -0.3 is 29.9 Å². The fraction of sp³-hybridized carbons (Fsp3) is 0.357. The topological polar surface area (TPSA) is 91.3 Å². The summed E-state index contributed by atoms with van der Waals surface area (Å²) >= 11 is 0. The summed E-state index contributed by atoms with van der Waals surface area (Å²) in [7, 11) is 1.59. The average molecular weight is 294 g/mol. The van der Waals surface area contributed by atoms with Crippen molar-refractivity contribution in [3.8, 4) is 5.75 Å². The molecule has 1 heterocycles. The number of aliphatic hydroxyl groups is 1. The fourth-order valence-electron chi connectivity index (χ4n) is 2.15. The van der Waals surface area contributed by atoms with Gasteiger partial charge in [-0.1, -0.05) is 12.1 Å². The van der Waals surface area contributed by atoms with E-state index in [9.17, 15) is 9.90 Å². The summed E-state index contributed by atoms with van der Waals surface area (Å²) in [6.07, 6.45) is 0.896. The zero-order chi connectivity index (χ0) is 15.2. The van der Waals surface area contributed by atoms with Crippen molar-refractivity contribution in [2.75, 3.05) is 20.4 Å². The van der Waals surface area contributed by atoms with Crippen molar-refractivity contribution in [2.45, 2.75) is 12.5 Å². The number of nitrogens with one attached hydrogen (secondary N) is 1. The zero-order valence-corrected chi connectivity index (χ0v) is 11.7. The van der Waals surface area contributed by atoms with Gasteiger partial charge in [0.05, 0.1) is 19.4 Å². The van der Waals surface area contributed by atoms with Crippen LogP contribution in [0, 0.1) is 0 Å². The van der Waals surface area contributed by atoms with E-state index in [1.54, 1.807) is 12.0 Å². The van der Waals surface area contributed by atoms with E-state index in [-0.39, 0.29) is 18.7 Å². The summed E-state index contributed by atoms with van der Waals surface area (Å²) in [4.78, 5) is 12.6. The number of amides is 1. The maximum Gasteiger partial charge on any atom is 0.404 e. The van der Waals surface area contributed by atoms with Gasteiger partial charge in [-0.3, -0.25) is 0 Å². The van der Waals surface area contributed by atoms with Crippen molar-refractivity contribution in [1.82, 2.24) is 10.2 Å². The first kappa shape index (κ1) is 14.8. The molecule has 0 aromatic heterocycles. The second-order valence-corrected chi connectivity index (χ2v) is 4.71. The lowest BCUT2D eigenvalue weighted by atomic mass is 10.1. The largest absolute Gasteiger partial charge is 0.497 e. The Morgan fingerprint density at radius 1 is 1.48 bits per heavy atom. The first-order valence-corrected chi connectivity index (χ1v) is 6.47. The van der Waals surface area contributed by atoms with E-state index >= 15 is 0 Å². The third-order valence-electron chi connectivity index (χ3n) is 3.09. The highest BCUT2D eigenvalue weighted by molar-refractivity contribution is 5.65. The van der Waals surface area contributed by atoms with Gasteiger partial charge in [0.1, 0.15) is 5.75 Å². The van der Waals surface area contributed by atoms with Crippen LogP contribution < -0.4 is 10.1 Å². The number of carboxylic acid groups (broad SMARTS) is 1. The lowest BCUT2D eigenvalue weighted by molar-refractivity contribution is 0.0770. The molecule has 1 aromatic carbocycles. The van der Waals surface area contributed by atoms with Crippen LogP contribution in [-0.2, 0) is 11.2 Å². The van der Waals surface area contributed by atoms with Crippen LogP contribution in [0.15, 0.2) is 36.4 Å². The van der Waals surface area contributed by atoms with Crippen LogP contribution in [-0.4, -0.2) is 47.6 Å². The molecule has 0 bridgehead atoms. The molecule has 0 spiro atoms. The van der Waals surface area contributed by atoms with E-state index in [2.05, 4.69) is 5.32 Å². The monoisotopic (exact) mass is 294 g/mol. The van der Waals surface area contributed by atoms with E-state index in [0.29, 0.717) is 13.0 Å². The van der Waals surface area contributed by atoms with Crippen molar-refractivity contribution >= 4 is 6.09 Å². The minimum Gasteiger partial charge on any atom is -0.497 e. The maximum atomic E-state index is 10.9. The van der Waals surface area contributed by atoms with Gasteiger partial charge in [0.2, 0.25) is 0 Å². The van der Waals surface area contributed by atoms with Crippen LogP contribution in [0.5, 0.6) is 5.75 Å². The molecule has 1 aliphatic heterocycles. The molecule has 1 aliphatic rings. The smallest absolute Gasteiger partial charge is 0.404 e. The molecule has 7 heteroatoms. The predicted molar refractivity (Wildman–Crippen MR) is 75.0 cm³/mol. The highest BCUT2D eigenvalue weighted by atomic mass is 16.6. The lowest BCUT2D eigenvalue weighted by Gasteiger charge is -2.22. The van der Waals surface area contributed by atoms with Crippen LogP contribution >= 0.6 is 0 Å². The van der Waals surface area contributed by atoms with Crippen molar-refractivity contribution in [2.24, 2.45) is 0 Å². The SMILES string of the molecule is COc1ccc(CC(CN2C=C(O)OC2)NC(=O)O)cc1. The number of methoxy groups -OCH3 is 1. The van der Waals surface area contributed by atoms with Gasteiger partial charge in [-0.05, 0) is 24.1 Å². The maximum absolute atomic E-state index is 10.9. The highest BCUT2D eigenvalue weighted by Gasteiger charge is 2.19. The summed E-state index contributed by atoms with van der Waals surface area (Å²) in [5, 5.41) is 20.6. The second kappa shape index (κ2) is 6.74. The molecule has 0 aliphatic carbocycles. The quantitative estimate of drug-likeness (QED) is 0.737. The molecule has 1 atom stereocenters. The number of benzene rings is 1. The molecule has 1 aromatic rings. The molecule has 21 heavy (non-hydrogen) atoms. The van der Waals surface area contributed by atoms with E-state index < -0.39 is 6.09 Å². The Hall–Kier alpha value is -2.57. The average Bonchev–Trinajstić information content (AvgIpc) is 2.84. The van der Waals surface area contributed by atoms with Crippen LogP contribution in [0.25, 0.3) is 0 Å². The van der Waals surface area contributed by atoms with Gasteiger partial charge in [0.25, 0.3) is 5.95 Å². The first-order valence-electron chi connectivity index (χ1n) is 6.47. The molecule has 0 radical (unpaired) electrons. The number of rotatable bonds is 6. The normalized spacial score (nSPS) is 15.1. The van der Waals surface area contributed by atoms with Gasteiger partial charge in [-0.2, -0.15) is 0 Å². The number of nitrogens with zero attached hydrogens (tertiary/aromatic N) is 1. The Morgan fingerprint density at radius 3 is 2.71 bits per heavy atom. The zero-order valence-electron chi connectivity index (χ0n) is 11.7. The Morgan fingerprint density at radius 2 is 2.19 bits per heavy atom. The minimum absolute atomic E-state index is 0.159. The van der Waals surface area contributed by atoms with Crippen LogP contribution in [0.2, 0.25) is 0 Å². The lowest BCUT2D eigenvalue weighted by Crippen LogP contribution is -2.42. The molecule has 0 saturated carbocycles. The van der Waals surface area contributed by atoms with Crippen molar-refractivity contribution in [3.05, 3.63) is 42.0 Å². The molecule has 1 unspecified atom stereocenters.